The van der Waals surface area contributed by atoms with E-state index in [4.69, 9.17) is 13.9 Å². The summed E-state index contributed by atoms with van der Waals surface area (Å²) in [4.78, 5) is 11.7. The predicted molar refractivity (Wildman–Crippen MR) is 125 cm³/mol. The molecule has 5 rings (SSSR count). The Hall–Kier alpha value is -4.59. The number of aromatic hydroxyl groups is 1. The summed E-state index contributed by atoms with van der Waals surface area (Å²) >= 11 is 0. The highest BCUT2D eigenvalue weighted by Crippen LogP contribution is 2.31. The largest absolute Gasteiger partial charge is 0.504 e. The van der Waals surface area contributed by atoms with Gasteiger partial charge in [0.25, 0.3) is 0 Å². The Morgan fingerprint density at radius 2 is 1.85 bits per heavy atom. The van der Waals surface area contributed by atoms with Crippen molar-refractivity contribution in [2.45, 2.75) is 20.1 Å². The second kappa shape index (κ2) is 9.11. The first-order valence-electron chi connectivity index (χ1n) is 10.6. The number of aromatic nitrogens is 3. The zero-order valence-electron chi connectivity index (χ0n) is 18.3. The summed E-state index contributed by atoms with van der Waals surface area (Å²) in [7, 11) is 0. The van der Waals surface area contributed by atoms with Crippen molar-refractivity contribution in [2.24, 2.45) is 0 Å². The Kier molecular flexibility index (Phi) is 5.70. The minimum Gasteiger partial charge on any atom is -0.504 e. The zero-order valence-corrected chi connectivity index (χ0v) is 18.3. The lowest BCUT2D eigenvalue weighted by molar-refractivity contribution is 0.293. The number of hydrogen-bond donors (Lipinski definition) is 1. The Bertz CT molecular complexity index is 1510. The van der Waals surface area contributed by atoms with Gasteiger partial charge in [-0.15, -0.1) is 5.10 Å². The van der Waals surface area contributed by atoms with Gasteiger partial charge in [-0.3, -0.25) is 0 Å². The van der Waals surface area contributed by atoms with Crippen LogP contribution in [0.1, 0.15) is 16.8 Å². The average Bonchev–Trinajstić information content (AvgIpc) is 3.26. The predicted octanol–water partition coefficient (Wildman–Crippen LogP) is 4.82. The molecule has 8 heteroatoms. The summed E-state index contributed by atoms with van der Waals surface area (Å²) < 4.78 is 18.6. The molecule has 5 aromatic rings. The van der Waals surface area contributed by atoms with E-state index in [0.29, 0.717) is 29.4 Å². The molecule has 0 bridgehead atoms. The lowest BCUT2D eigenvalue weighted by atomic mass is 10.1. The summed E-state index contributed by atoms with van der Waals surface area (Å²) in [5.41, 5.74) is 2.50. The molecule has 0 aliphatic carbocycles. The van der Waals surface area contributed by atoms with E-state index in [1.165, 1.54) is 6.07 Å². The third-order valence-electron chi connectivity index (χ3n) is 5.33. The van der Waals surface area contributed by atoms with Crippen molar-refractivity contribution in [1.29, 1.82) is 0 Å². The minimum atomic E-state index is -0.395. The number of hydrogen-bond acceptors (Lipinski definition) is 7. The number of ether oxygens (including phenoxy) is 2. The van der Waals surface area contributed by atoms with Crippen LogP contribution in [0.25, 0.3) is 11.0 Å². The molecule has 0 aliphatic heterocycles. The molecule has 8 nitrogen and oxygen atoms in total. The van der Waals surface area contributed by atoms with Crippen molar-refractivity contribution in [3.05, 3.63) is 106 Å². The highest BCUT2D eigenvalue weighted by atomic mass is 16.5. The van der Waals surface area contributed by atoms with E-state index in [-0.39, 0.29) is 12.4 Å². The van der Waals surface area contributed by atoms with E-state index in [2.05, 4.69) is 10.3 Å². The molecular weight excluding hydrogens is 434 g/mol. The van der Waals surface area contributed by atoms with E-state index < -0.39 is 5.63 Å². The van der Waals surface area contributed by atoms with Crippen molar-refractivity contribution in [3.8, 4) is 23.0 Å². The van der Waals surface area contributed by atoms with Crippen LogP contribution in [0.3, 0.4) is 0 Å². The Labute approximate surface area is 194 Å². The molecule has 0 atom stereocenters. The molecule has 0 saturated carbocycles. The Morgan fingerprint density at radius 1 is 1.00 bits per heavy atom. The Morgan fingerprint density at radius 3 is 2.68 bits per heavy atom. The first kappa shape index (κ1) is 21.3. The number of aryl methyl sites for hydroxylation is 1. The molecule has 0 aliphatic rings. The van der Waals surface area contributed by atoms with Gasteiger partial charge in [0.05, 0.1) is 18.4 Å². The number of benzene rings is 3. The van der Waals surface area contributed by atoms with Gasteiger partial charge in [-0.2, -0.15) is 0 Å². The van der Waals surface area contributed by atoms with Crippen LogP contribution in [0.2, 0.25) is 0 Å². The van der Waals surface area contributed by atoms with Crippen molar-refractivity contribution >= 4 is 11.0 Å². The van der Waals surface area contributed by atoms with E-state index in [0.717, 1.165) is 22.2 Å². The van der Waals surface area contributed by atoms with Gasteiger partial charge in [0.15, 0.2) is 11.5 Å². The van der Waals surface area contributed by atoms with E-state index in [1.807, 2.05) is 55.5 Å². The van der Waals surface area contributed by atoms with E-state index >= 15 is 0 Å². The minimum absolute atomic E-state index is 0.0345. The van der Waals surface area contributed by atoms with Crippen LogP contribution >= 0.6 is 0 Å². The molecule has 0 saturated heterocycles. The van der Waals surface area contributed by atoms with Gasteiger partial charge in [0.1, 0.15) is 23.7 Å². The smallest absolute Gasteiger partial charge is 0.336 e. The molecular formula is C26H21N3O5. The summed E-state index contributed by atoms with van der Waals surface area (Å²) in [6.07, 6.45) is 1.62. The van der Waals surface area contributed by atoms with Crippen molar-refractivity contribution in [2.75, 3.05) is 0 Å². The van der Waals surface area contributed by atoms with Crippen LogP contribution < -0.4 is 15.1 Å². The second-order valence-electron chi connectivity index (χ2n) is 7.80. The normalized spacial score (nSPS) is 11.0. The quantitative estimate of drug-likeness (QED) is 0.351. The maximum absolute atomic E-state index is 11.7. The highest BCUT2D eigenvalue weighted by Gasteiger charge is 2.10. The molecule has 170 valence electrons. The molecule has 0 radical (unpaired) electrons. The van der Waals surface area contributed by atoms with Gasteiger partial charge in [-0.05, 0) is 54.4 Å². The molecule has 0 unspecified atom stereocenters. The van der Waals surface area contributed by atoms with Crippen LogP contribution in [-0.2, 0) is 13.2 Å². The fraction of sp³-hybridized carbons (Fsp3) is 0.115. The molecule has 0 spiro atoms. The number of nitrogens with zero attached hydrogens (tertiary/aromatic N) is 3. The molecule has 0 amide bonds. The first-order chi connectivity index (χ1) is 16.5. The van der Waals surface area contributed by atoms with Gasteiger partial charge in [0.2, 0.25) is 0 Å². The summed E-state index contributed by atoms with van der Waals surface area (Å²) in [6, 6.07) is 21.3. The molecule has 2 heterocycles. The molecule has 2 aromatic heterocycles. The standard InChI is InChI=1S/C26H21N3O5/c1-17-11-26(31)34-25-13-21(8-9-22(17)25)32-16-19-14-27-28-29(19)15-18-7-10-24(23(30)12-18)33-20-5-3-2-4-6-20/h2-14,30H,15-16H2,1H3. The van der Waals surface area contributed by atoms with Crippen LogP contribution in [0, 0.1) is 6.92 Å². The lowest BCUT2D eigenvalue weighted by Gasteiger charge is -2.11. The second-order valence-corrected chi connectivity index (χ2v) is 7.80. The zero-order chi connectivity index (χ0) is 23.5. The van der Waals surface area contributed by atoms with Crippen molar-refractivity contribution in [3.63, 3.8) is 0 Å². The third-order valence-corrected chi connectivity index (χ3v) is 5.33. The number of phenolic OH excluding ortho intramolecular Hbond substituents is 1. The third kappa shape index (κ3) is 4.61. The molecule has 3 aromatic carbocycles. The molecule has 34 heavy (non-hydrogen) atoms. The number of rotatable bonds is 7. The maximum atomic E-state index is 11.7. The van der Waals surface area contributed by atoms with Gasteiger partial charge in [0, 0.05) is 17.5 Å². The summed E-state index contributed by atoms with van der Waals surface area (Å²) in [6.45, 7) is 2.47. The van der Waals surface area contributed by atoms with Gasteiger partial charge >= 0.3 is 5.63 Å². The van der Waals surface area contributed by atoms with Crippen LogP contribution in [0.15, 0.2) is 88.2 Å². The Balaban J connectivity index is 1.28. The molecule has 0 fully saturated rings. The number of phenols is 1. The monoisotopic (exact) mass is 455 g/mol. The van der Waals surface area contributed by atoms with Gasteiger partial charge in [-0.25, -0.2) is 9.48 Å². The maximum Gasteiger partial charge on any atom is 0.336 e. The SMILES string of the molecule is Cc1cc(=O)oc2cc(OCc3cnnn3Cc3ccc(Oc4ccccc4)c(O)c3)ccc12. The average molecular weight is 455 g/mol. The summed E-state index contributed by atoms with van der Waals surface area (Å²) in [5, 5.41) is 19.4. The highest BCUT2D eigenvalue weighted by molar-refractivity contribution is 5.81. The number of fused-ring (bicyclic) bond motifs is 1. The van der Waals surface area contributed by atoms with E-state index in [1.54, 1.807) is 29.1 Å². The molecule has 1 N–H and O–H groups in total. The summed E-state index contributed by atoms with van der Waals surface area (Å²) in [5.74, 6) is 1.61. The van der Waals surface area contributed by atoms with Crippen LogP contribution in [0.5, 0.6) is 23.0 Å². The van der Waals surface area contributed by atoms with Gasteiger partial charge in [-0.1, -0.05) is 29.5 Å². The topological polar surface area (TPSA) is 99.6 Å². The van der Waals surface area contributed by atoms with Gasteiger partial charge < -0.3 is 19.0 Å². The van der Waals surface area contributed by atoms with E-state index in [9.17, 15) is 9.90 Å². The lowest BCUT2D eigenvalue weighted by Crippen LogP contribution is -2.09. The number of para-hydroxylation sites is 1. The fourth-order valence-corrected chi connectivity index (χ4v) is 3.61. The first-order valence-corrected chi connectivity index (χ1v) is 10.6. The fourth-order valence-electron chi connectivity index (χ4n) is 3.61. The van der Waals surface area contributed by atoms with Crippen molar-refractivity contribution < 1.29 is 19.0 Å². The van der Waals surface area contributed by atoms with Crippen LogP contribution in [-0.4, -0.2) is 20.1 Å². The van der Waals surface area contributed by atoms with Crippen LogP contribution in [0.4, 0.5) is 0 Å². The van der Waals surface area contributed by atoms with Crippen molar-refractivity contribution in [1.82, 2.24) is 15.0 Å².